The second kappa shape index (κ2) is 54.7. The van der Waals surface area contributed by atoms with Crippen LogP contribution in [0.4, 0.5) is 102 Å². The van der Waals surface area contributed by atoms with Crippen LogP contribution in [0, 0.1) is 49.2 Å². The summed E-state index contributed by atoms with van der Waals surface area (Å²) < 4.78 is 317. The molecule has 1 aliphatic heterocycles. The maximum absolute atomic E-state index is 12.7. The molecule has 0 radical (unpaired) electrons. The van der Waals surface area contributed by atoms with Gasteiger partial charge in [0, 0.05) is 49.8 Å². The first kappa shape index (κ1) is 139. The number of carbonyl (C=O) groups excluding carboxylic acids is 5. The Morgan fingerprint density at radius 3 is 1.20 bits per heavy atom. The average Bonchev–Trinajstić information content (AvgIpc) is 1.59. The highest BCUT2D eigenvalue weighted by Gasteiger charge is 2.53. The van der Waals surface area contributed by atoms with Gasteiger partial charge in [-0.3, -0.25) is 18.7 Å². The number of alkyl halides is 21. The number of aliphatic carboxylic acids is 1. The molecule has 0 aromatic carbocycles. The minimum absolute atomic E-state index is 0.00215. The van der Waals surface area contributed by atoms with E-state index in [4.69, 9.17) is 83.8 Å². The number of aromatic nitrogens is 8. The van der Waals surface area contributed by atoms with Crippen LogP contribution in [0.5, 0.6) is 17.6 Å². The largest absolute Gasteiger partial charge is 0.481 e. The highest BCUT2D eigenvalue weighted by molar-refractivity contribution is 7.86. The van der Waals surface area contributed by atoms with Crippen LogP contribution >= 0.6 is 34.8 Å². The van der Waals surface area contributed by atoms with Gasteiger partial charge in [0.05, 0.1) is 102 Å². The third-order valence-corrected chi connectivity index (χ3v) is 18.6. The molecule has 29 nitrogen and oxygen atoms in total. The fraction of sp³-hybridized carbons (Fsp3) is 0.682. The second-order valence-electron chi connectivity index (χ2n) is 40.1. The zero-order valence-electron chi connectivity index (χ0n) is 84.1. The summed E-state index contributed by atoms with van der Waals surface area (Å²) in [5.41, 5.74) is -15.6. The maximum atomic E-state index is 12.7. The molecule has 5 aromatic rings. The number of ether oxygens (including phenoxy) is 7. The third-order valence-electron chi connectivity index (χ3n) is 17.3. The number of nitriles is 1. The van der Waals surface area contributed by atoms with Gasteiger partial charge in [-0.25, -0.2) is 38.9 Å². The van der Waals surface area contributed by atoms with E-state index in [1.165, 1.54) is 59.9 Å². The zero-order valence-corrected chi connectivity index (χ0v) is 87.2. The molecule has 0 fully saturated rings. The highest BCUT2D eigenvalue weighted by Crippen LogP contribution is 2.45. The molecule has 0 spiro atoms. The average molecular weight is 2170 g/mol. The number of nitrogens with zero attached hydrogens (tertiary/aromatic N) is 9. The summed E-state index contributed by atoms with van der Waals surface area (Å²) in [4.78, 5) is 76.8. The van der Waals surface area contributed by atoms with Gasteiger partial charge in [-0.05, 0) is 180 Å². The predicted molar refractivity (Wildman–Crippen MR) is 482 cm³/mol. The Labute approximate surface area is 826 Å². The summed E-state index contributed by atoms with van der Waals surface area (Å²) >= 11 is 17.5. The molecule has 1 amide bonds. The number of carbonyl (C=O) groups is 6. The number of H-pyrrole nitrogens is 1. The summed E-state index contributed by atoms with van der Waals surface area (Å²) in [5, 5.41) is 46.9. The van der Waals surface area contributed by atoms with Gasteiger partial charge in [-0.1, -0.05) is 111 Å². The minimum Gasteiger partial charge on any atom is -0.481 e. The van der Waals surface area contributed by atoms with E-state index < -0.39 is 177 Å². The van der Waals surface area contributed by atoms with Crippen molar-refractivity contribution in [3.05, 3.63) is 99.9 Å². The van der Waals surface area contributed by atoms with Crippen LogP contribution in [0.1, 0.15) is 254 Å². The van der Waals surface area contributed by atoms with Gasteiger partial charge in [0.1, 0.15) is 37.9 Å². The van der Waals surface area contributed by atoms with Crippen LogP contribution in [0.25, 0.3) is 5.82 Å². The molecule has 1 aliphatic rings. The Bertz CT molecular complexity index is 4910. The van der Waals surface area contributed by atoms with Gasteiger partial charge in [-0.2, -0.15) is 116 Å². The summed E-state index contributed by atoms with van der Waals surface area (Å²) in [5.74, 6) is -1.44. The first-order valence-corrected chi connectivity index (χ1v) is 44.8. The van der Waals surface area contributed by atoms with Crippen molar-refractivity contribution < 1.29 is 182 Å². The number of aliphatic hydroxyl groups is 2. The number of carboxylic acids is 1. The Morgan fingerprint density at radius 1 is 0.486 bits per heavy atom. The van der Waals surface area contributed by atoms with Crippen molar-refractivity contribution in [1.29, 1.82) is 5.26 Å². The lowest BCUT2D eigenvalue weighted by Gasteiger charge is -2.27. The Balaban J connectivity index is -0.000000760. The number of hydrogen-bond acceptors (Lipinski definition) is 24. The number of amides is 1. The molecular formula is C88H128Cl3F21N10O19S. The number of rotatable bonds is 21. The van der Waals surface area contributed by atoms with E-state index in [-0.39, 0.29) is 75.5 Å². The topological polar surface area (TPSA) is 388 Å². The number of aliphatic hydroxyl groups excluding tert-OH is 2. The van der Waals surface area contributed by atoms with Crippen LogP contribution in [0.2, 0.25) is 15.5 Å². The normalized spacial score (nSPS) is 13.3. The first-order chi connectivity index (χ1) is 62.8. The second-order valence-corrected chi connectivity index (χ2v) is 42.9. The quantitative estimate of drug-likeness (QED) is 0.0174. The molecule has 54 heteroatoms. The smallest absolute Gasteiger partial charge is 0.435 e. The molecule has 4 N–H and O–H groups in total. The van der Waals surface area contributed by atoms with E-state index in [1.807, 2.05) is 0 Å². The highest BCUT2D eigenvalue weighted by atomic mass is 35.5. The van der Waals surface area contributed by atoms with Gasteiger partial charge in [0.25, 0.3) is 10.1 Å². The van der Waals surface area contributed by atoms with E-state index in [2.05, 4.69) is 60.1 Å². The van der Waals surface area contributed by atoms with E-state index in [1.54, 1.807) is 112 Å². The van der Waals surface area contributed by atoms with Crippen LogP contribution in [-0.2, 0) is 42.8 Å². The molecule has 0 aliphatic carbocycles. The Kier molecular flexibility index (Phi) is 53.5. The number of esters is 2. The number of aromatic amines is 1. The predicted octanol–water partition coefficient (Wildman–Crippen LogP) is 25.1. The number of carboxylic acid groups (broad SMARTS) is 1. The fourth-order valence-corrected chi connectivity index (χ4v) is 8.56. The van der Waals surface area contributed by atoms with Crippen molar-refractivity contribution in [3.63, 3.8) is 0 Å². The molecule has 5 aromatic heterocycles. The van der Waals surface area contributed by atoms with Crippen LogP contribution < -0.4 is 14.2 Å². The summed E-state index contributed by atoms with van der Waals surface area (Å²) in [7, 11) is -3.82. The molecular weight excluding hydrogens is 2040 g/mol. The van der Waals surface area contributed by atoms with Crippen molar-refractivity contribution in [2.24, 2.45) is 37.9 Å². The van der Waals surface area contributed by atoms with Gasteiger partial charge < -0.3 is 48.5 Å². The van der Waals surface area contributed by atoms with E-state index in [0.717, 1.165) is 108 Å². The lowest BCUT2D eigenvalue weighted by atomic mass is 9.89. The number of nitrogens with one attached hydrogen (secondary N) is 1. The number of ketones is 1. The molecule has 0 bridgehead atoms. The molecule has 6 heterocycles. The number of halogens is 24. The Hall–Kier alpha value is -9.39. The van der Waals surface area contributed by atoms with Crippen molar-refractivity contribution in [3.8, 4) is 29.5 Å². The number of pyridine rings is 2. The summed E-state index contributed by atoms with van der Waals surface area (Å²) in [6.07, 6.45) is -24.6. The van der Waals surface area contributed by atoms with Gasteiger partial charge >= 0.3 is 73.3 Å². The number of hydrogen-bond donors (Lipinski definition) is 4. The standard InChI is InChI=1S/C19H26ClN3O3.C14H21F3N2O3.C10H11Cl2NO2.C9H13NO3.C7H9F3N2O.C6H8F3N.C6H11F3O3S.C6H9F3O2.C6H11F3O.C5H9F3O/c1-18(2,3)10-12-25-15-9-11-23(22-15)14-8-7-13(16(20)21-14)17(24)26-19(4,5)6;1-12(2,3)22-11(20)19-8-6-10(18-19)21-9-7-13(4,5)14(15,16)17;1-10(2,3)15-9(14)6-4-5-7(11)13-8(6)12;1-9(2,3)13-8(12)10-5-4-7(11)6-10;1-6(2,7(8,9)10)13-5-3-4-11-12-5;1-5(2,3-4-10)6(7,8)9;1-5(2,6(7,8)9)4-12-13(3,10)11;1-5(2,3-4(10)11)6(7,8)9;1-5(2,3-4-10)6(7,8)9;1-4(2,3-9)5(6,7)8/h7-9,11H,10,12H2,1-6H3;6,8H,7,9H2,1-5H3;4-5H,1-3H3;4-5H,6H2,1-3H3;3-4H,1-2H3,(H,11,12);3H2,1-2H3;4H2,1-3H3;3H2,1-2H3,(H,10,11);10H,3-4H2,1-2H3;9H,3H2,1-2H3. The molecule has 0 saturated heterocycles. The van der Waals surface area contributed by atoms with Crippen LogP contribution in [0.15, 0.2) is 73.3 Å². The van der Waals surface area contributed by atoms with Gasteiger partial charge in [-0.15, -0.1) is 10.2 Å². The molecule has 818 valence electrons. The molecule has 0 unspecified atom stereocenters. The maximum Gasteiger partial charge on any atom is 0.435 e. The van der Waals surface area contributed by atoms with Crippen LogP contribution in [0.3, 0.4) is 0 Å². The van der Waals surface area contributed by atoms with Gasteiger partial charge in [0.15, 0.2) is 17.2 Å². The molecule has 0 saturated carbocycles. The van der Waals surface area contributed by atoms with E-state index >= 15 is 0 Å². The molecule has 6 rings (SSSR count). The minimum atomic E-state index is -4.47. The fourth-order valence-electron chi connectivity index (χ4n) is 7.40. The lowest BCUT2D eigenvalue weighted by molar-refractivity contribution is -0.235. The van der Waals surface area contributed by atoms with Crippen molar-refractivity contribution >= 4 is 80.8 Å². The van der Waals surface area contributed by atoms with E-state index in [9.17, 15) is 129 Å². The van der Waals surface area contributed by atoms with E-state index in [0.29, 0.717) is 24.6 Å². The third kappa shape index (κ3) is 57.3. The van der Waals surface area contributed by atoms with Crippen molar-refractivity contribution in [1.82, 2.24) is 44.6 Å². The van der Waals surface area contributed by atoms with Gasteiger partial charge in [0.2, 0.25) is 17.6 Å². The Morgan fingerprint density at radius 2 is 0.887 bits per heavy atom. The SMILES string of the molecule is CC(C)(C)CCOc1ccn(-c2ccc(C(=O)OC(C)(C)C)c(Cl)n2)n1.CC(C)(C)OC(=O)N1C=CC(=O)C1.CC(C)(C)OC(=O)c1ccc(Cl)nc1Cl.CC(C)(C)OC(=O)n1ccc(OCCC(C)(C)C(F)(F)F)n1.CC(C)(CC#N)C(F)(F)F.CC(C)(CC(=O)O)C(F)(F)F.CC(C)(CCO)C(F)(F)F.CC(C)(CO)C(F)(F)F.CC(C)(COS(C)(=O)=O)C(F)(F)F.CC(C)(Oc1ccn[nH]1)C(F)(F)F. The summed E-state index contributed by atoms with van der Waals surface area (Å²) in [6.45, 7) is 39.7. The molecule has 0 atom stereocenters. The van der Waals surface area contributed by atoms with Crippen LogP contribution in [-0.4, -0.2) is 221 Å². The lowest BCUT2D eigenvalue weighted by Crippen LogP contribution is -2.44. The van der Waals surface area contributed by atoms with Crippen molar-refractivity contribution in [2.45, 2.75) is 304 Å². The monoisotopic (exact) mass is 2160 g/mol. The zero-order chi connectivity index (χ0) is 113. The van der Waals surface area contributed by atoms with Crippen molar-refractivity contribution in [2.75, 3.05) is 45.8 Å². The summed E-state index contributed by atoms with van der Waals surface area (Å²) in [6, 6.07) is 12.2. The first-order valence-electron chi connectivity index (χ1n) is 41.9. The molecule has 142 heavy (non-hydrogen) atoms.